The summed E-state index contributed by atoms with van der Waals surface area (Å²) in [7, 11) is 1.61. The van der Waals surface area contributed by atoms with Gasteiger partial charge in [0.05, 0.1) is 19.3 Å². The molecule has 0 saturated heterocycles. The number of anilines is 1. The molecule has 3 aromatic rings. The van der Waals surface area contributed by atoms with E-state index >= 15 is 0 Å². The van der Waals surface area contributed by atoms with Gasteiger partial charge in [-0.2, -0.15) is 0 Å². The second kappa shape index (κ2) is 9.03. The summed E-state index contributed by atoms with van der Waals surface area (Å²) in [6.07, 6.45) is 1.94. The average molecular weight is 381 g/mol. The largest absolute Gasteiger partial charge is 0.497 e. The first-order valence-electron chi connectivity index (χ1n) is 9.14. The van der Waals surface area contributed by atoms with Gasteiger partial charge in [0.2, 0.25) is 5.82 Å². The number of nitrogens with one attached hydrogen (secondary N) is 1. The van der Waals surface area contributed by atoms with Gasteiger partial charge in [0.1, 0.15) is 11.5 Å². The summed E-state index contributed by atoms with van der Waals surface area (Å²) in [6, 6.07) is 12.7. The number of amides is 1. The number of hydrogen-bond acceptors (Lipinski definition) is 6. The number of aromatic nitrogens is 2. The molecule has 0 spiro atoms. The molecule has 28 heavy (non-hydrogen) atoms. The van der Waals surface area contributed by atoms with Crippen molar-refractivity contribution < 1.29 is 18.9 Å². The van der Waals surface area contributed by atoms with Crippen LogP contribution in [0.1, 0.15) is 35.7 Å². The van der Waals surface area contributed by atoms with Crippen LogP contribution in [-0.2, 0) is 0 Å². The maximum atomic E-state index is 12.8. The van der Waals surface area contributed by atoms with Gasteiger partial charge in [-0.05, 0) is 59.6 Å². The van der Waals surface area contributed by atoms with Gasteiger partial charge in [-0.15, -0.1) is 0 Å². The molecule has 1 heterocycles. The van der Waals surface area contributed by atoms with Gasteiger partial charge in [0, 0.05) is 5.56 Å². The third kappa shape index (κ3) is 4.31. The highest BCUT2D eigenvalue weighted by molar-refractivity contribution is 6.07. The molecule has 1 amide bonds. The fourth-order valence-corrected chi connectivity index (χ4v) is 2.76. The van der Waals surface area contributed by atoms with Crippen LogP contribution < -0.4 is 14.8 Å². The molecule has 0 atom stereocenters. The Morgan fingerprint density at radius 3 is 2.75 bits per heavy atom. The topological polar surface area (TPSA) is 86.5 Å². The Labute approximate surface area is 163 Å². The van der Waals surface area contributed by atoms with Gasteiger partial charge in [-0.1, -0.05) is 25.5 Å². The molecule has 7 nitrogen and oxygen atoms in total. The number of carbonyl (C=O) groups is 1. The molecule has 146 valence electrons. The molecular formula is C21H23N3O4. The lowest BCUT2D eigenvalue weighted by Gasteiger charge is -2.11. The van der Waals surface area contributed by atoms with Gasteiger partial charge in [0.15, 0.2) is 5.69 Å². The van der Waals surface area contributed by atoms with Crippen molar-refractivity contribution in [3.05, 3.63) is 53.6 Å². The molecule has 0 aliphatic heterocycles. The molecule has 0 aliphatic carbocycles. The lowest BCUT2D eigenvalue weighted by molar-refractivity contribution is 0.102. The van der Waals surface area contributed by atoms with Crippen molar-refractivity contribution in [1.29, 1.82) is 0 Å². The van der Waals surface area contributed by atoms with Crippen molar-refractivity contribution in [2.75, 3.05) is 19.0 Å². The molecular weight excluding hydrogens is 358 g/mol. The fraction of sp³-hybridized carbons (Fsp3) is 0.286. The minimum Gasteiger partial charge on any atom is -0.497 e. The Morgan fingerprint density at radius 2 is 2.00 bits per heavy atom. The molecule has 0 radical (unpaired) electrons. The maximum absolute atomic E-state index is 12.8. The summed E-state index contributed by atoms with van der Waals surface area (Å²) in [6.45, 7) is 4.57. The molecule has 1 aromatic heterocycles. The number of benzene rings is 2. The normalized spacial score (nSPS) is 10.5. The third-order valence-electron chi connectivity index (χ3n) is 4.30. The van der Waals surface area contributed by atoms with Crippen molar-refractivity contribution in [3.63, 3.8) is 0 Å². The van der Waals surface area contributed by atoms with Crippen LogP contribution in [0.5, 0.6) is 11.5 Å². The lowest BCUT2D eigenvalue weighted by atomic mass is 10.1. The predicted molar refractivity (Wildman–Crippen MR) is 106 cm³/mol. The SMILES string of the molecule is CCCCOc1ccccc1C(=O)Nc1nonc1-c1ccc(OC)cc1C. The van der Waals surface area contributed by atoms with E-state index < -0.39 is 0 Å². The molecule has 0 aliphatic rings. The van der Waals surface area contributed by atoms with E-state index in [0.717, 1.165) is 29.7 Å². The molecule has 7 heteroatoms. The smallest absolute Gasteiger partial charge is 0.260 e. The summed E-state index contributed by atoms with van der Waals surface area (Å²) in [5.41, 5.74) is 2.61. The Bertz CT molecular complexity index is 952. The average Bonchev–Trinajstić information content (AvgIpc) is 3.16. The van der Waals surface area contributed by atoms with E-state index in [4.69, 9.17) is 14.1 Å². The Morgan fingerprint density at radius 1 is 1.18 bits per heavy atom. The van der Waals surface area contributed by atoms with Crippen LogP contribution in [0.4, 0.5) is 5.82 Å². The van der Waals surface area contributed by atoms with Gasteiger partial charge in [0.25, 0.3) is 5.91 Å². The van der Waals surface area contributed by atoms with Gasteiger partial charge >= 0.3 is 0 Å². The van der Waals surface area contributed by atoms with Crippen LogP contribution in [0.15, 0.2) is 47.1 Å². The summed E-state index contributed by atoms with van der Waals surface area (Å²) in [5.74, 6) is 1.19. The van der Waals surface area contributed by atoms with Crippen LogP contribution in [-0.4, -0.2) is 29.9 Å². The first-order chi connectivity index (χ1) is 13.6. The van der Waals surface area contributed by atoms with Gasteiger partial charge < -0.3 is 14.8 Å². The summed E-state index contributed by atoms with van der Waals surface area (Å²) in [5, 5.41) is 10.6. The Balaban J connectivity index is 1.83. The predicted octanol–water partition coefficient (Wildman–Crippen LogP) is 4.48. The number of unbranched alkanes of at least 4 members (excludes halogenated alkanes) is 1. The van der Waals surface area contributed by atoms with Crippen LogP contribution in [0.2, 0.25) is 0 Å². The maximum Gasteiger partial charge on any atom is 0.260 e. The van der Waals surface area contributed by atoms with Gasteiger partial charge in [-0.25, -0.2) is 4.63 Å². The highest BCUT2D eigenvalue weighted by atomic mass is 16.6. The van der Waals surface area contributed by atoms with Crippen molar-refractivity contribution in [2.24, 2.45) is 0 Å². The molecule has 0 unspecified atom stereocenters. The van der Waals surface area contributed by atoms with Crippen LogP contribution in [0.3, 0.4) is 0 Å². The van der Waals surface area contributed by atoms with E-state index in [1.54, 1.807) is 25.3 Å². The number of carbonyl (C=O) groups excluding carboxylic acids is 1. The number of nitrogens with zero attached hydrogens (tertiary/aromatic N) is 2. The van der Waals surface area contributed by atoms with Crippen molar-refractivity contribution >= 4 is 11.7 Å². The Kier molecular flexibility index (Phi) is 6.26. The monoisotopic (exact) mass is 381 g/mol. The zero-order chi connectivity index (χ0) is 19.9. The molecule has 2 aromatic carbocycles. The molecule has 3 rings (SSSR count). The number of aryl methyl sites for hydroxylation is 1. The lowest BCUT2D eigenvalue weighted by Crippen LogP contribution is -2.15. The number of rotatable bonds is 8. The third-order valence-corrected chi connectivity index (χ3v) is 4.30. The number of methoxy groups -OCH3 is 1. The van der Waals surface area contributed by atoms with E-state index in [1.165, 1.54) is 0 Å². The minimum absolute atomic E-state index is 0.252. The first kappa shape index (κ1) is 19.4. The van der Waals surface area contributed by atoms with Crippen molar-refractivity contribution in [2.45, 2.75) is 26.7 Å². The second-order valence-electron chi connectivity index (χ2n) is 6.29. The highest BCUT2D eigenvalue weighted by Crippen LogP contribution is 2.30. The fourth-order valence-electron chi connectivity index (χ4n) is 2.76. The summed E-state index contributed by atoms with van der Waals surface area (Å²) in [4.78, 5) is 12.8. The van der Waals surface area contributed by atoms with Crippen LogP contribution in [0.25, 0.3) is 11.3 Å². The standard InChI is InChI=1S/C21H23N3O4/c1-4-5-12-27-18-9-7-6-8-17(18)21(25)22-20-19(23-28-24-20)16-11-10-15(26-3)13-14(16)2/h6-11,13H,4-5,12H2,1-3H3,(H,22,24,25). The Hall–Kier alpha value is -3.35. The van der Waals surface area contributed by atoms with E-state index in [2.05, 4.69) is 22.6 Å². The molecule has 0 bridgehead atoms. The highest BCUT2D eigenvalue weighted by Gasteiger charge is 2.19. The molecule has 0 saturated carbocycles. The van der Waals surface area contributed by atoms with E-state index in [0.29, 0.717) is 23.6 Å². The van der Waals surface area contributed by atoms with E-state index in [1.807, 2.05) is 31.2 Å². The summed E-state index contributed by atoms with van der Waals surface area (Å²) >= 11 is 0. The number of ether oxygens (including phenoxy) is 2. The zero-order valence-electron chi connectivity index (χ0n) is 16.2. The zero-order valence-corrected chi connectivity index (χ0v) is 16.2. The first-order valence-corrected chi connectivity index (χ1v) is 9.14. The second-order valence-corrected chi connectivity index (χ2v) is 6.29. The van der Waals surface area contributed by atoms with E-state index in [-0.39, 0.29) is 11.7 Å². The van der Waals surface area contributed by atoms with Crippen molar-refractivity contribution in [1.82, 2.24) is 10.3 Å². The molecule has 0 fully saturated rings. The van der Waals surface area contributed by atoms with Gasteiger partial charge in [-0.3, -0.25) is 4.79 Å². The van der Waals surface area contributed by atoms with Crippen LogP contribution in [0, 0.1) is 6.92 Å². The van der Waals surface area contributed by atoms with E-state index in [9.17, 15) is 4.79 Å². The minimum atomic E-state index is -0.338. The summed E-state index contributed by atoms with van der Waals surface area (Å²) < 4.78 is 15.9. The number of para-hydroxylation sites is 1. The number of hydrogen-bond donors (Lipinski definition) is 1. The van der Waals surface area contributed by atoms with Crippen LogP contribution >= 0.6 is 0 Å². The quantitative estimate of drug-likeness (QED) is 0.579. The van der Waals surface area contributed by atoms with Crippen molar-refractivity contribution in [3.8, 4) is 22.8 Å². The molecule has 1 N–H and O–H groups in total.